The third-order valence-electron chi connectivity index (χ3n) is 2.40. The number of hydrogen-bond acceptors (Lipinski definition) is 4. The quantitative estimate of drug-likeness (QED) is 0.759. The maximum atomic E-state index is 11.7. The number of hydrogen-bond donors (Lipinski definition) is 2. The largest absolute Gasteiger partial charge is 0.508 e. The molecule has 0 unspecified atom stereocenters. The SMILES string of the molecule is O=C(NN1CCOCC1)c1ccc(O)cc1. The summed E-state index contributed by atoms with van der Waals surface area (Å²) in [5, 5.41) is 10.9. The van der Waals surface area contributed by atoms with Crippen molar-refractivity contribution in [1.82, 2.24) is 10.4 Å². The smallest absolute Gasteiger partial charge is 0.265 e. The first-order valence-electron chi connectivity index (χ1n) is 5.18. The number of nitrogens with one attached hydrogen (secondary N) is 1. The zero-order valence-corrected chi connectivity index (χ0v) is 8.85. The Hall–Kier alpha value is -1.59. The van der Waals surface area contributed by atoms with E-state index in [9.17, 15) is 4.79 Å². The Morgan fingerprint density at radius 1 is 1.25 bits per heavy atom. The highest BCUT2D eigenvalue weighted by molar-refractivity contribution is 5.93. The van der Waals surface area contributed by atoms with E-state index in [0.717, 1.165) is 0 Å². The predicted octanol–water partition coefficient (Wildman–Crippen LogP) is 0.369. The molecule has 0 saturated carbocycles. The third-order valence-corrected chi connectivity index (χ3v) is 2.40. The van der Waals surface area contributed by atoms with Gasteiger partial charge in [0.15, 0.2) is 0 Å². The highest BCUT2D eigenvalue weighted by Gasteiger charge is 2.13. The van der Waals surface area contributed by atoms with Gasteiger partial charge in [0.05, 0.1) is 13.2 Å². The molecular weight excluding hydrogens is 208 g/mol. The van der Waals surface area contributed by atoms with Gasteiger partial charge in [0.25, 0.3) is 5.91 Å². The van der Waals surface area contributed by atoms with Crippen molar-refractivity contribution in [3.05, 3.63) is 29.8 Å². The van der Waals surface area contributed by atoms with E-state index in [0.29, 0.717) is 31.9 Å². The number of benzene rings is 1. The monoisotopic (exact) mass is 222 g/mol. The molecule has 0 bridgehead atoms. The lowest BCUT2D eigenvalue weighted by atomic mass is 10.2. The number of amides is 1. The molecule has 0 spiro atoms. The fourth-order valence-electron chi connectivity index (χ4n) is 1.50. The molecule has 86 valence electrons. The van der Waals surface area contributed by atoms with Gasteiger partial charge in [0.2, 0.25) is 0 Å². The van der Waals surface area contributed by atoms with Gasteiger partial charge >= 0.3 is 0 Å². The second-order valence-corrected chi connectivity index (χ2v) is 3.59. The Morgan fingerprint density at radius 2 is 1.88 bits per heavy atom. The number of phenols is 1. The van der Waals surface area contributed by atoms with Gasteiger partial charge in [0, 0.05) is 18.7 Å². The number of carbonyl (C=O) groups is 1. The molecule has 1 saturated heterocycles. The summed E-state index contributed by atoms with van der Waals surface area (Å²) in [5.41, 5.74) is 3.32. The molecule has 1 heterocycles. The summed E-state index contributed by atoms with van der Waals surface area (Å²) < 4.78 is 5.18. The molecule has 1 aromatic carbocycles. The number of ether oxygens (including phenoxy) is 1. The van der Waals surface area contributed by atoms with E-state index in [1.807, 2.05) is 5.01 Å². The van der Waals surface area contributed by atoms with Crippen LogP contribution in [0.1, 0.15) is 10.4 Å². The summed E-state index contributed by atoms with van der Waals surface area (Å²) in [7, 11) is 0. The minimum absolute atomic E-state index is 0.155. The Bertz CT molecular complexity index is 358. The number of phenolic OH excluding ortho intramolecular Hbond substituents is 1. The van der Waals surface area contributed by atoms with Gasteiger partial charge in [-0.2, -0.15) is 0 Å². The highest BCUT2D eigenvalue weighted by atomic mass is 16.5. The standard InChI is InChI=1S/C11H14N2O3/c14-10-3-1-9(2-4-10)11(15)12-13-5-7-16-8-6-13/h1-4,14H,5-8H2,(H,12,15). The van der Waals surface area contributed by atoms with Gasteiger partial charge in [-0.1, -0.05) is 0 Å². The molecule has 0 atom stereocenters. The van der Waals surface area contributed by atoms with Crippen LogP contribution in [0, 0.1) is 0 Å². The summed E-state index contributed by atoms with van der Waals surface area (Å²) in [5.74, 6) is -0.00942. The molecule has 2 rings (SSSR count). The van der Waals surface area contributed by atoms with Crippen LogP contribution in [-0.4, -0.2) is 42.3 Å². The molecule has 5 heteroatoms. The van der Waals surface area contributed by atoms with Gasteiger partial charge in [-0.15, -0.1) is 0 Å². The zero-order valence-electron chi connectivity index (χ0n) is 8.85. The van der Waals surface area contributed by atoms with Crippen LogP contribution < -0.4 is 5.43 Å². The first-order valence-corrected chi connectivity index (χ1v) is 5.18. The molecule has 16 heavy (non-hydrogen) atoms. The Morgan fingerprint density at radius 3 is 2.50 bits per heavy atom. The van der Waals surface area contributed by atoms with Gasteiger partial charge in [0.1, 0.15) is 5.75 Å². The first-order chi connectivity index (χ1) is 7.75. The lowest BCUT2D eigenvalue weighted by Gasteiger charge is -2.26. The van der Waals surface area contributed by atoms with Crippen molar-refractivity contribution in [2.75, 3.05) is 26.3 Å². The minimum atomic E-state index is -0.165. The maximum Gasteiger partial charge on any atom is 0.265 e. The van der Waals surface area contributed by atoms with Crippen molar-refractivity contribution in [2.45, 2.75) is 0 Å². The van der Waals surface area contributed by atoms with E-state index in [2.05, 4.69) is 5.43 Å². The number of morpholine rings is 1. The summed E-state index contributed by atoms with van der Waals surface area (Å²) >= 11 is 0. The Balaban J connectivity index is 1.94. The van der Waals surface area contributed by atoms with E-state index in [1.54, 1.807) is 12.1 Å². The van der Waals surface area contributed by atoms with Crippen molar-refractivity contribution in [3.8, 4) is 5.75 Å². The van der Waals surface area contributed by atoms with Crippen molar-refractivity contribution < 1.29 is 14.6 Å². The topological polar surface area (TPSA) is 61.8 Å². The second-order valence-electron chi connectivity index (χ2n) is 3.59. The Kier molecular flexibility index (Phi) is 3.38. The van der Waals surface area contributed by atoms with Crippen LogP contribution in [0.3, 0.4) is 0 Å². The molecule has 1 fully saturated rings. The van der Waals surface area contributed by atoms with E-state index in [4.69, 9.17) is 9.84 Å². The molecule has 0 radical (unpaired) electrons. The van der Waals surface area contributed by atoms with Crippen molar-refractivity contribution in [3.63, 3.8) is 0 Å². The summed E-state index contributed by atoms with van der Waals surface area (Å²) in [6.07, 6.45) is 0. The van der Waals surface area contributed by atoms with Crippen LogP contribution in [0.5, 0.6) is 5.75 Å². The summed E-state index contributed by atoms with van der Waals surface area (Å²) in [4.78, 5) is 11.7. The molecule has 1 aliphatic rings. The summed E-state index contributed by atoms with van der Waals surface area (Å²) in [6, 6.07) is 6.17. The van der Waals surface area contributed by atoms with Crippen LogP contribution in [0.25, 0.3) is 0 Å². The fraction of sp³-hybridized carbons (Fsp3) is 0.364. The molecule has 1 aliphatic heterocycles. The molecule has 5 nitrogen and oxygen atoms in total. The average Bonchev–Trinajstić information content (AvgIpc) is 2.31. The average molecular weight is 222 g/mol. The van der Waals surface area contributed by atoms with Crippen LogP contribution in [0.15, 0.2) is 24.3 Å². The van der Waals surface area contributed by atoms with Crippen LogP contribution in [0.4, 0.5) is 0 Å². The van der Waals surface area contributed by atoms with Crippen molar-refractivity contribution in [1.29, 1.82) is 0 Å². The molecule has 2 N–H and O–H groups in total. The fourth-order valence-corrected chi connectivity index (χ4v) is 1.50. The molecule has 0 aromatic heterocycles. The van der Waals surface area contributed by atoms with Gasteiger partial charge in [-0.25, -0.2) is 5.01 Å². The van der Waals surface area contributed by atoms with Crippen molar-refractivity contribution in [2.24, 2.45) is 0 Å². The van der Waals surface area contributed by atoms with E-state index in [-0.39, 0.29) is 11.7 Å². The first kappa shape index (κ1) is 10.9. The number of rotatable bonds is 2. The highest BCUT2D eigenvalue weighted by Crippen LogP contribution is 2.09. The van der Waals surface area contributed by atoms with E-state index in [1.165, 1.54) is 12.1 Å². The zero-order chi connectivity index (χ0) is 11.4. The second kappa shape index (κ2) is 4.96. The molecule has 1 amide bonds. The Labute approximate surface area is 93.6 Å². The third kappa shape index (κ3) is 2.71. The lowest BCUT2D eigenvalue weighted by Crippen LogP contribution is -2.48. The van der Waals surface area contributed by atoms with Crippen LogP contribution in [0.2, 0.25) is 0 Å². The number of carbonyl (C=O) groups excluding carboxylic acids is 1. The molecule has 1 aromatic rings. The van der Waals surface area contributed by atoms with E-state index >= 15 is 0 Å². The van der Waals surface area contributed by atoms with E-state index < -0.39 is 0 Å². The number of hydrazine groups is 1. The summed E-state index contributed by atoms with van der Waals surface area (Å²) in [6.45, 7) is 2.67. The van der Waals surface area contributed by atoms with Crippen LogP contribution >= 0.6 is 0 Å². The van der Waals surface area contributed by atoms with Gasteiger partial charge < -0.3 is 9.84 Å². The number of aromatic hydroxyl groups is 1. The maximum absolute atomic E-state index is 11.7. The van der Waals surface area contributed by atoms with Gasteiger partial charge in [-0.05, 0) is 24.3 Å². The van der Waals surface area contributed by atoms with Crippen LogP contribution in [-0.2, 0) is 4.74 Å². The normalized spacial score (nSPS) is 17.0. The lowest BCUT2D eigenvalue weighted by molar-refractivity contribution is 0.0126. The minimum Gasteiger partial charge on any atom is -0.508 e. The molecule has 0 aliphatic carbocycles. The van der Waals surface area contributed by atoms with Crippen molar-refractivity contribution >= 4 is 5.91 Å². The molecular formula is C11H14N2O3. The number of nitrogens with zero attached hydrogens (tertiary/aromatic N) is 1. The predicted molar refractivity (Wildman–Crippen MR) is 58.0 cm³/mol. The van der Waals surface area contributed by atoms with Gasteiger partial charge in [-0.3, -0.25) is 10.2 Å².